The first-order chi connectivity index (χ1) is 5.65. The number of esters is 1. The minimum atomic E-state index is -2.73. The van der Waals surface area contributed by atoms with Gasteiger partial charge in [0.25, 0.3) is 0 Å². The van der Waals surface area contributed by atoms with Crippen LogP contribution in [-0.4, -0.2) is 22.9 Å². The largest absolute Gasteiger partial charge is 0.465 e. The molecule has 1 heterocycles. The lowest BCUT2D eigenvalue weighted by Gasteiger charge is -1.95. The maximum absolute atomic E-state index is 11.9. The molecule has 66 valence electrons. The first kappa shape index (κ1) is 8.63. The molecule has 0 aromatic carbocycles. The van der Waals surface area contributed by atoms with E-state index in [-0.39, 0.29) is 5.56 Å². The van der Waals surface area contributed by atoms with Crippen LogP contribution in [0.3, 0.4) is 0 Å². The average molecular weight is 176 g/mol. The van der Waals surface area contributed by atoms with E-state index in [9.17, 15) is 13.6 Å². The Morgan fingerprint density at radius 2 is 2.42 bits per heavy atom. The van der Waals surface area contributed by atoms with Crippen molar-refractivity contribution < 1.29 is 18.3 Å². The standard InChI is InChI=1S/C6H6F2N2O2/c1-12-5(11)4-2-9-10(3-4)6(7)8/h2-3,6H,1H3. The van der Waals surface area contributed by atoms with Gasteiger partial charge < -0.3 is 4.74 Å². The maximum atomic E-state index is 11.9. The van der Waals surface area contributed by atoms with E-state index in [1.54, 1.807) is 0 Å². The summed E-state index contributed by atoms with van der Waals surface area (Å²) < 4.78 is 28.5. The number of ether oxygens (including phenoxy) is 1. The molecule has 0 aliphatic heterocycles. The van der Waals surface area contributed by atoms with Crippen molar-refractivity contribution in [2.24, 2.45) is 0 Å². The maximum Gasteiger partial charge on any atom is 0.341 e. The number of hydrogen-bond acceptors (Lipinski definition) is 3. The first-order valence-corrected chi connectivity index (χ1v) is 3.05. The van der Waals surface area contributed by atoms with Gasteiger partial charge >= 0.3 is 12.5 Å². The Morgan fingerprint density at radius 1 is 1.75 bits per heavy atom. The van der Waals surface area contributed by atoms with Crippen molar-refractivity contribution in [1.82, 2.24) is 9.78 Å². The van der Waals surface area contributed by atoms with E-state index in [1.165, 1.54) is 7.11 Å². The molecule has 0 saturated carbocycles. The zero-order valence-electron chi connectivity index (χ0n) is 6.20. The predicted molar refractivity (Wildman–Crippen MR) is 34.8 cm³/mol. The van der Waals surface area contributed by atoms with Gasteiger partial charge in [-0.2, -0.15) is 13.9 Å². The Balaban J connectivity index is 2.84. The van der Waals surface area contributed by atoms with Crippen LogP contribution >= 0.6 is 0 Å². The minimum absolute atomic E-state index is 0.0119. The second kappa shape index (κ2) is 3.29. The highest BCUT2D eigenvalue weighted by Crippen LogP contribution is 2.09. The second-order valence-electron chi connectivity index (χ2n) is 1.98. The molecule has 0 saturated heterocycles. The van der Waals surface area contributed by atoms with Crippen LogP contribution in [0.25, 0.3) is 0 Å². The molecule has 0 amide bonds. The highest BCUT2D eigenvalue weighted by Gasteiger charge is 2.12. The van der Waals surface area contributed by atoms with Crippen LogP contribution in [0, 0.1) is 0 Å². The van der Waals surface area contributed by atoms with Crippen molar-refractivity contribution in [1.29, 1.82) is 0 Å². The average Bonchev–Trinajstić information content (AvgIpc) is 2.51. The summed E-state index contributed by atoms with van der Waals surface area (Å²) in [5, 5.41) is 3.25. The third kappa shape index (κ3) is 1.58. The molecular weight excluding hydrogens is 170 g/mol. The van der Waals surface area contributed by atoms with Crippen molar-refractivity contribution in [2.45, 2.75) is 6.55 Å². The molecule has 1 aromatic heterocycles. The van der Waals surface area contributed by atoms with E-state index in [0.717, 1.165) is 12.4 Å². The molecule has 4 nitrogen and oxygen atoms in total. The Morgan fingerprint density at radius 3 is 2.83 bits per heavy atom. The van der Waals surface area contributed by atoms with Crippen LogP contribution in [0.2, 0.25) is 0 Å². The summed E-state index contributed by atoms with van der Waals surface area (Å²) in [6, 6.07) is 0. The summed E-state index contributed by atoms with van der Waals surface area (Å²) in [5.74, 6) is -0.679. The fourth-order valence-corrected chi connectivity index (χ4v) is 0.668. The molecule has 0 radical (unpaired) electrons. The molecule has 1 rings (SSSR count). The monoisotopic (exact) mass is 176 g/mol. The summed E-state index contributed by atoms with van der Waals surface area (Å²) in [6.07, 6.45) is 1.95. The van der Waals surface area contributed by atoms with E-state index in [2.05, 4.69) is 9.84 Å². The fourth-order valence-electron chi connectivity index (χ4n) is 0.668. The zero-order chi connectivity index (χ0) is 9.14. The lowest BCUT2D eigenvalue weighted by molar-refractivity contribution is 0.0555. The topological polar surface area (TPSA) is 44.1 Å². The quantitative estimate of drug-likeness (QED) is 0.633. The van der Waals surface area contributed by atoms with Gasteiger partial charge in [-0.1, -0.05) is 0 Å². The van der Waals surface area contributed by atoms with Crippen molar-refractivity contribution in [3.63, 3.8) is 0 Å². The lowest BCUT2D eigenvalue weighted by Crippen LogP contribution is -2.00. The molecular formula is C6H6F2N2O2. The van der Waals surface area contributed by atoms with Gasteiger partial charge in [0.15, 0.2) is 0 Å². The lowest BCUT2D eigenvalue weighted by atomic mass is 10.4. The zero-order valence-corrected chi connectivity index (χ0v) is 6.20. The SMILES string of the molecule is COC(=O)c1cnn(C(F)F)c1. The number of alkyl halides is 2. The van der Waals surface area contributed by atoms with E-state index < -0.39 is 12.5 Å². The summed E-state index contributed by atoms with van der Waals surface area (Å²) >= 11 is 0. The van der Waals surface area contributed by atoms with Crippen molar-refractivity contribution in [2.75, 3.05) is 7.11 Å². The highest BCUT2D eigenvalue weighted by molar-refractivity contribution is 5.88. The van der Waals surface area contributed by atoms with Gasteiger partial charge in [-0.3, -0.25) is 0 Å². The van der Waals surface area contributed by atoms with E-state index in [0.29, 0.717) is 4.68 Å². The number of rotatable bonds is 2. The number of halogens is 2. The van der Waals surface area contributed by atoms with E-state index in [4.69, 9.17) is 0 Å². The van der Waals surface area contributed by atoms with Crippen molar-refractivity contribution in [3.05, 3.63) is 18.0 Å². The second-order valence-corrected chi connectivity index (χ2v) is 1.98. The molecule has 0 bridgehead atoms. The van der Waals surface area contributed by atoms with Crippen molar-refractivity contribution in [3.8, 4) is 0 Å². The van der Waals surface area contributed by atoms with Gasteiger partial charge in [0.05, 0.1) is 18.9 Å². The number of aromatic nitrogens is 2. The number of carbonyl (C=O) groups is 1. The van der Waals surface area contributed by atoms with Gasteiger partial charge in [-0.05, 0) is 0 Å². The van der Waals surface area contributed by atoms with Crippen LogP contribution in [0.1, 0.15) is 16.9 Å². The minimum Gasteiger partial charge on any atom is -0.465 e. The molecule has 6 heteroatoms. The molecule has 0 aliphatic carbocycles. The molecule has 0 N–H and O–H groups in total. The number of carbonyl (C=O) groups excluding carboxylic acids is 1. The normalized spacial score (nSPS) is 10.3. The summed E-state index contributed by atoms with van der Waals surface area (Å²) in [4.78, 5) is 10.7. The smallest absolute Gasteiger partial charge is 0.341 e. The van der Waals surface area contributed by atoms with Crippen LogP contribution in [-0.2, 0) is 4.74 Å². The van der Waals surface area contributed by atoms with Gasteiger partial charge in [0, 0.05) is 6.20 Å². The van der Waals surface area contributed by atoms with Gasteiger partial charge in [-0.25, -0.2) is 9.48 Å². The number of nitrogens with zero attached hydrogens (tertiary/aromatic N) is 2. The summed E-state index contributed by atoms with van der Waals surface area (Å²) in [7, 11) is 1.17. The third-order valence-electron chi connectivity index (χ3n) is 1.22. The Hall–Kier alpha value is -1.46. The van der Waals surface area contributed by atoms with Crippen LogP contribution in [0.4, 0.5) is 8.78 Å². The van der Waals surface area contributed by atoms with Crippen molar-refractivity contribution >= 4 is 5.97 Å². The van der Waals surface area contributed by atoms with Crippen LogP contribution in [0.5, 0.6) is 0 Å². The van der Waals surface area contributed by atoms with Crippen LogP contribution in [0.15, 0.2) is 12.4 Å². The number of hydrogen-bond donors (Lipinski definition) is 0. The molecule has 1 aromatic rings. The summed E-state index contributed by atoms with van der Waals surface area (Å²) in [5.41, 5.74) is 0.0119. The molecule has 12 heavy (non-hydrogen) atoms. The Kier molecular flexibility index (Phi) is 2.37. The molecule has 0 aliphatic rings. The Labute approximate surface area is 66.7 Å². The first-order valence-electron chi connectivity index (χ1n) is 3.05. The third-order valence-corrected chi connectivity index (χ3v) is 1.22. The Bertz CT molecular complexity index is 285. The van der Waals surface area contributed by atoms with Gasteiger partial charge in [0.1, 0.15) is 0 Å². The summed E-state index contributed by atoms with van der Waals surface area (Å²) in [6.45, 7) is -2.73. The fraction of sp³-hybridized carbons (Fsp3) is 0.333. The molecule has 0 unspecified atom stereocenters. The molecule has 0 fully saturated rings. The molecule has 0 spiro atoms. The van der Waals surface area contributed by atoms with Gasteiger partial charge in [0.2, 0.25) is 0 Å². The predicted octanol–water partition coefficient (Wildman–Crippen LogP) is 1.06. The van der Waals surface area contributed by atoms with E-state index in [1.807, 2.05) is 0 Å². The van der Waals surface area contributed by atoms with Crippen LogP contribution < -0.4 is 0 Å². The number of methoxy groups -OCH3 is 1. The molecule has 0 atom stereocenters. The highest BCUT2D eigenvalue weighted by atomic mass is 19.3. The van der Waals surface area contributed by atoms with E-state index >= 15 is 0 Å². The van der Waals surface area contributed by atoms with Gasteiger partial charge in [-0.15, -0.1) is 0 Å².